The third-order valence-corrected chi connectivity index (χ3v) is 7.54. The molecule has 6 aromatic rings. The summed E-state index contributed by atoms with van der Waals surface area (Å²) in [5.74, 6) is 6.32. The van der Waals surface area contributed by atoms with E-state index in [-0.39, 0.29) is 17.3 Å². The molecule has 0 unspecified atom stereocenters. The van der Waals surface area contributed by atoms with Crippen LogP contribution in [-0.4, -0.2) is 35.3 Å². The summed E-state index contributed by atoms with van der Waals surface area (Å²) in [7, 11) is 1.90. The summed E-state index contributed by atoms with van der Waals surface area (Å²) in [5, 5.41) is 14.5. The van der Waals surface area contributed by atoms with Gasteiger partial charge in [-0.2, -0.15) is 5.10 Å². The number of benzene rings is 1. The molecule has 0 aliphatic rings. The summed E-state index contributed by atoms with van der Waals surface area (Å²) in [4.78, 5) is 23.5. The number of rotatable bonds is 4. The molecule has 39 heavy (non-hydrogen) atoms. The van der Waals surface area contributed by atoms with Gasteiger partial charge in [-0.05, 0) is 31.5 Å². The Morgan fingerprint density at radius 1 is 1.15 bits per heavy atom. The molecule has 0 radical (unpaired) electrons. The first-order chi connectivity index (χ1) is 18.9. The van der Waals surface area contributed by atoms with Crippen LogP contribution in [0.25, 0.3) is 27.0 Å². The number of carbonyl (C=O) groups is 1. The van der Waals surface area contributed by atoms with Gasteiger partial charge >= 0.3 is 0 Å². The van der Waals surface area contributed by atoms with Gasteiger partial charge in [0, 0.05) is 41.3 Å². The third-order valence-electron chi connectivity index (χ3n) is 6.65. The Morgan fingerprint density at radius 2 is 1.95 bits per heavy atom. The van der Waals surface area contributed by atoms with Crippen molar-refractivity contribution in [3.8, 4) is 23.0 Å². The number of pyridine rings is 1. The highest BCUT2D eigenvalue weighted by molar-refractivity contribution is 7.17. The number of thiophene rings is 1. The SMILES string of the molecule is Cc1c(C#Cc2csc3nc([C@@H](C)NC(=O)c4c(N)nn5cccnc45)c(-c4ccccc4)cc23)cnn1C. The van der Waals surface area contributed by atoms with Gasteiger partial charge < -0.3 is 11.1 Å². The topological polar surface area (TPSA) is 116 Å². The quantitative estimate of drug-likeness (QED) is 0.323. The van der Waals surface area contributed by atoms with E-state index in [4.69, 9.17) is 10.7 Å². The number of hydrogen-bond acceptors (Lipinski definition) is 7. The second-order valence-electron chi connectivity index (χ2n) is 9.15. The van der Waals surface area contributed by atoms with E-state index in [0.717, 1.165) is 43.9 Å². The maximum Gasteiger partial charge on any atom is 0.259 e. The van der Waals surface area contributed by atoms with Gasteiger partial charge in [-0.3, -0.25) is 9.48 Å². The number of aryl methyl sites for hydroxylation is 1. The van der Waals surface area contributed by atoms with Gasteiger partial charge in [0.25, 0.3) is 5.91 Å². The minimum atomic E-state index is -0.426. The molecule has 9 nitrogen and oxygen atoms in total. The molecule has 1 atom stereocenters. The summed E-state index contributed by atoms with van der Waals surface area (Å²) in [5.41, 5.74) is 12.2. The van der Waals surface area contributed by atoms with E-state index in [1.165, 1.54) is 15.9 Å². The van der Waals surface area contributed by atoms with Gasteiger partial charge in [-0.15, -0.1) is 16.4 Å². The third kappa shape index (κ3) is 4.39. The normalized spacial score (nSPS) is 11.9. The van der Waals surface area contributed by atoms with Crippen molar-refractivity contribution in [3.63, 3.8) is 0 Å². The number of amides is 1. The molecule has 0 aliphatic heterocycles. The minimum absolute atomic E-state index is 0.121. The smallest absolute Gasteiger partial charge is 0.259 e. The van der Waals surface area contributed by atoms with E-state index in [2.05, 4.69) is 38.4 Å². The number of nitrogens with two attached hydrogens (primary N) is 1. The summed E-state index contributed by atoms with van der Waals surface area (Å²) < 4.78 is 3.30. The van der Waals surface area contributed by atoms with E-state index in [0.29, 0.717) is 5.65 Å². The number of nitrogen functional groups attached to an aromatic ring is 1. The lowest BCUT2D eigenvalue weighted by atomic mass is 9.98. The van der Waals surface area contributed by atoms with Crippen molar-refractivity contribution in [2.45, 2.75) is 19.9 Å². The Balaban J connectivity index is 1.41. The van der Waals surface area contributed by atoms with Crippen molar-refractivity contribution < 1.29 is 4.79 Å². The van der Waals surface area contributed by atoms with Crippen molar-refractivity contribution in [2.75, 3.05) is 5.73 Å². The number of aromatic nitrogens is 6. The second-order valence-corrected chi connectivity index (χ2v) is 10.0. The highest BCUT2D eigenvalue weighted by atomic mass is 32.1. The Hall–Kier alpha value is -5.01. The van der Waals surface area contributed by atoms with Crippen molar-refractivity contribution >= 4 is 38.9 Å². The fourth-order valence-electron chi connectivity index (χ4n) is 4.46. The predicted octanol–water partition coefficient (Wildman–Crippen LogP) is 4.52. The molecule has 6 rings (SSSR count). The average Bonchev–Trinajstić information content (AvgIpc) is 3.61. The van der Waals surface area contributed by atoms with Crippen molar-refractivity contribution in [1.82, 2.24) is 34.7 Å². The van der Waals surface area contributed by atoms with E-state index in [1.54, 1.807) is 24.7 Å². The maximum atomic E-state index is 13.4. The van der Waals surface area contributed by atoms with Crippen molar-refractivity contribution in [1.29, 1.82) is 0 Å². The Bertz CT molecular complexity index is 1920. The van der Waals surface area contributed by atoms with Crippen LogP contribution in [0.4, 0.5) is 5.82 Å². The fraction of sp³-hybridized carbons (Fsp3) is 0.138. The van der Waals surface area contributed by atoms with Crippen molar-refractivity contribution in [3.05, 3.63) is 94.5 Å². The predicted molar refractivity (Wildman–Crippen MR) is 152 cm³/mol. The number of hydrogen-bond donors (Lipinski definition) is 2. The first-order valence-electron chi connectivity index (χ1n) is 12.3. The van der Waals surface area contributed by atoms with Gasteiger partial charge in [-0.25, -0.2) is 14.5 Å². The maximum absolute atomic E-state index is 13.4. The second kappa shape index (κ2) is 9.70. The summed E-state index contributed by atoms with van der Waals surface area (Å²) in [6.45, 7) is 3.91. The van der Waals surface area contributed by atoms with Crippen LogP contribution in [0.3, 0.4) is 0 Å². The van der Waals surface area contributed by atoms with Crippen LogP contribution in [0.2, 0.25) is 0 Å². The minimum Gasteiger partial charge on any atom is -0.381 e. The van der Waals surface area contributed by atoms with Crippen LogP contribution < -0.4 is 11.1 Å². The van der Waals surface area contributed by atoms with Crippen LogP contribution in [0.1, 0.15) is 45.8 Å². The van der Waals surface area contributed by atoms with Gasteiger partial charge in [0.15, 0.2) is 11.5 Å². The largest absolute Gasteiger partial charge is 0.381 e. The Kier molecular flexibility index (Phi) is 6.05. The molecule has 5 heterocycles. The molecular weight excluding hydrogens is 508 g/mol. The number of anilines is 1. The molecule has 0 bridgehead atoms. The lowest BCUT2D eigenvalue weighted by Gasteiger charge is -2.18. The lowest BCUT2D eigenvalue weighted by molar-refractivity contribution is 0.0941. The molecular formula is C29H24N8OS. The molecule has 3 N–H and O–H groups in total. The molecule has 192 valence electrons. The fourth-order valence-corrected chi connectivity index (χ4v) is 5.32. The molecule has 10 heteroatoms. The number of nitrogens with one attached hydrogen (secondary N) is 1. The zero-order chi connectivity index (χ0) is 27.1. The average molecular weight is 533 g/mol. The van der Waals surface area contributed by atoms with E-state index >= 15 is 0 Å². The molecule has 5 aromatic heterocycles. The molecule has 1 aromatic carbocycles. The summed E-state index contributed by atoms with van der Waals surface area (Å²) in [6.07, 6.45) is 5.08. The summed E-state index contributed by atoms with van der Waals surface area (Å²) >= 11 is 1.52. The zero-order valence-electron chi connectivity index (χ0n) is 21.5. The summed E-state index contributed by atoms with van der Waals surface area (Å²) in [6, 6.07) is 13.4. The highest BCUT2D eigenvalue weighted by Crippen LogP contribution is 2.34. The van der Waals surface area contributed by atoms with Crippen LogP contribution in [0.5, 0.6) is 0 Å². The van der Waals surface area contributed by atoms with E-state index in [1.807, 2.05) is 61.3 Å². The van der Waals surface area contributed by atoms with E-state index < -0.39 is 6.04 Å². The van der Waals surface area contributed by atoms with E-state index in [9.17, 15) is 4.79 Å². The number of nitrogens with zero attached hydrogens (tertiary/aromatic N) is 6. The molecule has 0 aliphatic carbocycles. The number of carbonyl (C=O) groups excluding carboxylic acids is 1. The highest BCUT2D eigenvalue weighted by Gasteiger charge is 2.24. The van der Waals surface area contributed by atoms with Gasteiger partial charge in [-0.1, -0.05) is 42.2 Å². The first kappa shape index (κ1) is 24.3. The molecule has 0 saturated heterocycles. The molecule has 0 spiro atoms. The number of fused-ring (bicyclic) bond motifs is 2. The van der Waals surface area contributed by atoms with Crippen LogP contribution in [0, 0.1) is 18.8 Å². The van der Waals surface area contributed by atoms with Gasteiger partial charge in [0.1, 0.15) is 10.4 Å². The Labute approximate surface area is 228 Å². The lowest BCUT2D eigenvalue weighted by Crippen LogP contribution is -2.28. The zero-order valence-corrected chi connectivity index (χ0v) is 22.3. The monoisotopic (exact) mass is 532 g/mol. The molecule has 0 saturated carbocycles. The van der Waals surface area contributed by atoms with Crippen LogP contribution >= 0.6 is 11.3 Å². The Morgan fingerprint density at radius 3 is 2.72 bits per heavy atom. The molecule has 1 amide bonds. The standard InChI is InChI=1S/C29H24N8OS/c1-17(33-28(38)24-26(30)35-37-13-7-12-31-27(24)37)25-22(19-8-5-4-6-9-19)14-23-21(16-39-29(23)34-25)11-10-20-15-32-36(3)18(20)2/h4-9,12-17H,1-3H3,(H2,30,35)(H,33,38)/t17-/m1/s1. The van der Waals surface area contributed by atoms with Crippen LogP contribution in [-0.2, 0) is 7.05 Å². The molecule has 0 fully saturated rings. The first-order valence-corrected chi connectivity index (χ1v) is 13.2. The van der Waals surface area contributed by atoms with Gasteiger partial charge in [0.05, 0.1) is 29.2 Å². The van der Waals surface area contributed by atoms with Crippen molar-refractivity contribution in [2.24, 2.45) is 7.05 Å². The van der Waals surface area contributed by atoms with Crippen LogP contribution in [0.15, 0.2) is 66.4 Å². The van der Waals surface area contributed by atoms with Gasteiger partial charge in [0.2, 0.25) is 0 Å².